The summed E-state index contributed by atoms with van der Waals surface area (Å²) in [5.74, 6) is 0.377. The van der Waals surface area contributed by atoms with Crippen LogP contribution in [0.4, 0.5) is 0 Å². The van der Waals surface area contributed by atoms with Crippen molar-refractivity contribution in [1.82, 2.24) is 5.32 Å². The average molecular weight is 287 g/mol. The molecule has 1 aromatic heterocycles. The van der Waals surface area contributed by atoms with Crippen LogP contribution < -0.4 is 5.32 Å². The SMILES string of the molecule is CCCC1(C(=O)c2cc3ccccc3s2)CCNCC1. The van der Waals surface area contributed by atoms with Crippen LogP contribution in [0.3, 0.4) is 0 Å². The fourth-order valence-corrected chi connectivity index (χ4v) is 4.45. The molecule has 0 radical (unpaired) electrons. The first-order chi connectivity index (χ1) is 9.75. The Morgan fingerprint density at radius 1 is 1.30 bits per heavy atom. The van der Waals surface area contributed by atoms with Crippen LogP contribution in [0.2, 0.25) is 0 Å². The van der Waals surface area contributed by atoms with Crippen LogP contribution in [0.15, 0.2) is 30.3 Å². The summed E-state index contributed by atoms with van der Waals surface area (Å²) in [6.45, 7) is 4.12. The Balaban J connectivity index is 1.96. The monoisotopic (exact) mass is 287 g/mol. The zero-order chi connectivity index (χ0) is 14.0. The van der Waals surface area contributed by atoms with Crippen molar-refractivity contribution in [2.75, 3.05) is 13.1 Å². The first-order valence-corrected chi connectivity index (χ1v) is 8.31. The number of fused-ring (bicyclic) bond motifs is 1. The van der Waals surface area contributed by atoms with Gasteiger partial charge in [0, 0.05) is 10.1 Å². The second kappa shape index (κ2) is 5.66. The molecule has 1 aliphatic heterocycles. The number of carbonyl (C=O) groups is 1. The Morgan fingerprint density at radius 2 is 2.05 bits per heavy atom. The van der Waals surface area contributed by atoms with Crippen molar-refractivity contribution >= 4 is 27.2 Å². The van der Waals surface area contributed by atoms with Gasteiger partial charge in [-0.3, -0.25) is 4.79 Å². The molecule has 1 aromatic carbocycles. The van der Waals surface area contributed by atoms with Crippen LogP contribution in [0.25, 0.3) is 10.1 Å². The minimum absolute atomic E-state index is 0.124. The quantitative estimate of drug-likeness (QED) is 0.852. The average Bonchev–Trinajstić information content (AvgIpc) is 2.91. The fourth-order valence-electron chi connectivity index (χ4n) is 3.33. The molecule has 3 heteroatoms. The van der Waals surface area contributed by atoms with Gasteiger partial charge in [-0.15, -0.1) is 11.3 Å². The van der Waals surface area contributed by atoms with Gasteiger partial charge in [0.05, 0.1) is 4.88 Å². The molecule has 0 saturated carbocycles. The lowest BCUT2D eigenvalue weighted by Crippen LogP contribution is -2.42. The van der Waals surface area contributed by atoms with Gasteiger partial charge in [-0.25, -0.2) is 0 Å². The number of carbonyl (C=O) groups excluding carboxylic acids is 1. The van der Waals surface area contributed by atoms with E-state index in [1.807, 2.05) is 12.1 Å². The Morgan fingerprint density at radius 3 is 2.75 bits per heavy atom. The Labute approximate surface area is 124 Å². The molecule has 2 aromatic rings. The van der Waals surface area contributed by atoms with E-state index in [2.05, 4.69) is 30.4 Å². The molecule has 0 spiro atoms. The number of piperidine rings is 1. The Hall–Kier alpha value is -1.19. The van der Waals surface area contributed by atoms with E-state index in [1.54, 1.807) is 11.3 Å². The zero-order valence-electron chi connectivity index (χ0n) is 11.9. The third kappa shape index (κ3) is 2.40. The summed E-state index contributed by atoms with van der Waals surface area (Å²) in [5, 5.41) is 4.58. The molecule has 2 nitrogen and oxygen atoms in total. The van der Waals surface area contributed by atoms with Gasteiger partial charge in [0.15, 0.2) is 5.78 Å². The molecule has 1 N–H and O–H groups in total. The topological polar surface area (TPSA) is 29.1 Å². The predicted molar refractivity (Wildman–Crippen MR) is 85.6 cm³/mol. The van der Waals surface area contributed by atoms with Gasteiger partial charge in [0.1, 0.15) is 0 Å². The lowest BCUT2D eigenvalue weighted by atomic mass is 9.71. The summed E-state index contributed by atoms with van der Waals surface area (Å²) in [7, 11) is 0. The number of hydrogen-bond acceptors (Lipinski definition) is 3. The molecule has 3 rings (SSSR count). The smallest absolute Gasteiger partial charge is 0.179 e. The maximum absolute atomic E-state index is 13.1. The zero-order valence-corrected chi connectivity index (χ0v) is 12.8. The van der Waals surface area contributed by atoms with Crippen LogP contribution in [0.1, 0.15) is 42.3 Å². The molecule has 106 valence electrons. The van der Waals surface area contributed by atoms with E-state index in [1.165, 1.54) is 10.1 Å². The molecular formula is C17H21NOS. The summed E-state index contributed by atoms with van der Waals surface area (Å²) < 4.78 is 1.22. The highest BCUT2D eigenvalue weighted by Gasteiger charge is 2.39. The van der Waals surface area contributed by atoms with Crippen LogP contribution in [0.5, 0.6) is 0 Å². The standard InChI is InChI=1S/C17H21NOS/c1-2-7-17(8-10-18-11-9-17)16(19)15-12-13-5-3-4-6-14(13)20-15/h3-6,12,18H,2,7-11H2,1H3. The molecule has 0 unspecified atom stereocenters. The van der Waals surface area contributed by atoms with E-state index in [0.29, 0.717) is 5.78 Å². The summed E-state index contributed by atoms with van der Waals surface area (Å²) in [6.07, 6.45) is 4.06. The van der Waals surface area contributed by atoms with Crippen LogP contribution in [-0.2, 0) is 0 Å². The van der Waals surface area contributed by atoms with Gasteiger partial charge < -0.3 is 5.32 Å². The number of rotatable bonds is 4. The number of hydrogen-bond donors (Lipinski definition) is 1. The molecule has 1 aliphatic rings. The molecule has 0 atom stereocenters. The Kier molecular flexibility index (Phi) is 3.90. The third-order valence-corrected chi connectivity index (χ3v) is 5.54. The van der Waals surface area contributed by atoms with Crippen molar-refractivity contribution in [3.05, 3.63) is 35.2 Å². The number of benzene rings is 1. The summed E-state index contributed by atoms with van der Waals surface area (Å²) in [6, 6.07) is 10.4. The normalized spacial score (nSPS) is 18.2. The molecule has 2 heterocycles. The van der Waals surface area contributed by atoms with Gasteiger partial charge in [0.25, 0.3) is 0 Å². The Bertz CT molecular complexity index is 572. The van der Waals surface area contributed by atoms with E-state index < -0.39 is 0 Å². The molecule has 0 bridgehead atoms. The highest BCUT2D eigenvalue weighted by molar-refractivity contribution is 7.20. The van der Waals surface area contributed by atoms with Crippen molar-refractivity contribution in [3.63, 3.8) is 0 Å². The highest BCUT2D eigenvalue weighted by Crippen LogP contribution is 2.40. The lowest BCUT2D eigenvalue weighted by Gasteiger charge is -2.35. The largest absolute Gasteiger partial charge is 0.317 e. The van der Waals surface area contributed by atoms with Gasteiger partial charge in [0.2, 0.25) is 0 Å². The summed E-state index contributed by atoms with van der Waals surface area (Å²) in [5.41, 5.74) is -0.124. The van der Waals surface area contributed by atoms with E-state index in [4.69, 9.17) is 0 Å². The van der Waals surface area contributed by atoms with E-state index in [0.717, 1.165) is 43.6 Å². The lowest BCUT2D eigenvalue weighted by molar-refractivity contribution is 0.0709. The number of nitrogens with one attached hydrogen (secondary N) is 1. The molecular weight excluding hydrogens is 266 g/mol. The molecule has 0 amide bonds. The highest BCUT2D eigenvalue weighted by atomic mass is 32.1. The van der Waals surface area contributed by atoms with Gasteiger partial charge in [-0.05, 0) is 49.9 Å². The van der Waals surface area contributed by atoms with Crippen molar-refractivity contribution in [1.29, 1.82) is 0 Å². The summed E-state index contributed by atoms with van der Waals surface area (Å²) >= 11 is 1.65. The molecule has 20 heavy (non-hydrogen) atoms. The molecule has 1 fully saturated rings. The van der Waals surface area contributed by atoms with Crippen molar-refractivity contribution in [2.24, 2.45) is 5.41 Å². The summed E-state index contributed by atoms with van der Waals surface area (Å²) in [4.78, 5) is 14.0. The number of thiophene rings is 1. The molecule has 0 aliphatic carbocycles. The van der Waals surface area contributed by atoms with Gasteiger partial charge >= 0.3 is 0 Å². The van der Waals surface area contributed by atoms with E-state index >= 15 is 0 Å². The number of Topliss-reactive ketones (excluding diaryl/α,β-unsaturated/α-hetero) is 1. The fraction of sp³-hybridized carbons (Fsp3) is 0.471. The third-order valence-electron chi connectivity index (χ3n) is 4.42. The second-order valence-electron chi connectivity index (χ2n) is 5.76. The first kappa shape index (κ1) is 13.8. The molecule has 1 saturated heterocycles. The van der Waals surface area contributed by atoms with E-state index in [9.17, 15) is 4.79 Å². The van der Waals surface area contributed by atoms with Crippen molar-refractivity contribution in [2.45, 2.75) is 32.6 Å². The van der Waals surface area contributed by atoms with Gasteiger partial charge in [-0.1, -0.05) is 31.5 Å². The van der Waals surface area contributed by atoms with E-state index in [-0.39, 0.29) is 5.41 Å². The van der Waals surface area contributed by atoms with Crippen LogP contribution in [0, 0.1) is 5.41 Å². The minimum Gasteiger partial charge on any atom is -0.317 e. The van der Waals surface area contributed by atoms with Crippen LogP contribution in [-0.4, -0.2) is 18.9 Å². The maximum atomic E-state index is 13.1. The maximum Gasteiger partial charge on any atom is 0.179 e. The van der Waals surface area contributed by atoms with Crippen molar-refractivity contribution in [3.8, 4) is 0 Å². The minimum atomic E-state index is -0.124. The van der Waals surface area contributed by atoms with Crippen molar-refractivity contribution < 1.29 is 4.79 Å². The van der Waals surface area contributed by atoms with Crippen LogP contribution >= 0.6 is 11.3 Å². The number of ketones is 1. The predicted octanol–water partition coefficient (Wildman–Crippen LogP) is 4.25. The van der Waals surface area contributed by atoms with Gasteiger partial charge in [-0.2, -0.15) is 0 Å². The first-order valence-electron chi connectivity index (χ1n) is 7.49. The second-order valence-corrected chi connectivity index (χ2v) is 6.84.